The van der Waals surface area contributed by atoms with Gasteiger partial charge in [0.05, 0.1) is 11.4 Å². The maximum atomic E-state index is 4.32. The maximum absolute atomic E-state index is 4.32. The van der Waals surface area contributed by atoms with Crippen molar-refractivity contribution in [2.45, 2.75) is 20.0 Å². The maximum Gasteiger partial charge on any atom is 0.0858 e. The first-order valence-corrected chi connectivity index (χ1v) is 8.18. The molecular weight excluding hydrogens is 294 g/mol. The van der Waals surface area contributed by atoms with Crippen molar-refractivity contribution in [3.8, 4) is 0 Å². The Balaban J connectivity index is 1.46. The third-order valence-electron chi connectivity index (χ3n) is 4.37. The zero-order chi connectivity index (χ0) is 16.4. The van der Waals surface area contributed by atoms with Gasteiger partial charge in [-0.2, -0.15) is 10.2 Å². The summed E-state index contributed by atoms with van der Waals surface area (Å²) >= 11 is 0. The second-order valence-electron chi connectivity index (χ2n) is 6.18. The minimum atomic E-state index is 0.871. The fraction of sp³-hybridized carbons (Fsp3) is 0.143. The summed E-state index contributed by atoms with van der Waals surface area (Å²) in [6.07, 6.45) is 0. The highest BCUT2D eigenvalue weighted by atomic mass is 15.1. The van der Waals surface area contributed by atoms with Crippen LogP contribution in [-0.4, -0.2) is 0 Å². The lowest BCUT2D eigenvalue weighted by molar-refractivity contribution is 0.880. The number of rotatable bonds is 3. The van der Waals surface area contributed by atoms with Crippen LogP contribution in [0.3, 0.4) is 0 Å². The third-order valence-corrected chi connectivity index (χ3v) is 4.37. The lowest BCUT2D eigenvalue weighted by Gasteiger charge is -2.17. The van der Waals surface area contributed by atoms with E-state index in [2.05, 4.69) is 58.5 Å². The van der Waals surface area contributed by atoms with Gasteiger partial charge < -0.3 is 4.90 Å². The molecule has 3 aromatic carbocycles. The van der Waals surface area contributed by atoms with Crippen molar-refractivity contribution in [2.75, 3.05) is 4.90 Å². The first-order valence-electron chi connectivity index (χ1n) is 8.18. The highest BCUT2D eigenvalue weighted by molar-refractivity contribution is 5.56. The second kappa shape index (κ2) is 6.28. The van der Waals surface area contributed by atoms with Gasteiger partial charge in [0.1, 0.15) is 0 Å². The van der Waals surface area contributed by atoms with E-state index < -0.39 is 0 Å². The Morgan fingerprint density at radius 1 is 0.667 bits per heavy atom. The van der Waals surface area contributed by atoms with Gasteiger partial charge in [-0.25, -0.2) is 0 Å². The van der Waals surface area contributed by atoms with Gasteiger partial charge in [0.25, 0.3) is 0 Å². The molecule has 118 valence electrons. The summed E-state index contributed by atoms with van der Waals surface area (Å²) in [6, 6.07) is 25.0. The minimum absolute atomic E-state index is 0.871. The summed E-state index contributed by atoms with van der Waals surface area (Å²) < 4.78 is 0. The fourth-order valence-corrected chi connectivity index (χ4v) is 2.97. The number of anilines is 1. The van der Waals surface area contributed by atoms with Crippen LogP contribution >= 0.6 is 0 Å². The van der Waals surface area contributed by atoms with Crippen molar-refractivity contribution in [1.82, 2.24) is 0 Å². The van der Waals surface area contributed by atoms with E-state index in [0.29, 0.717) is 0 Å². The van der Waals surface area contributed by atoms with Gasteiger partial charge in [-0.3, -0.25) is 0 Å². The lowest BCUT2D eigenvalue weighted by atomic mass is 10.1. The van der Waals surface area contributed by atoms with Crippen LogP contribution in [0.2, 0.25) is 0 Å². The molecule has 0 aromatic heterocycles. The molecule has 1 aliphatic rings. The first-order chi connectivity index (χ1) is 11.8. The van der Waals surface area contributed by atoms with Crippen LogP contribution in [-0.2, 0) is 13.1 Å². The van der Waals surface area contributed by atoms with Gasteiger partial charge in [-0.15, -0.1) is 0 Å². The number of hydrogen-bond acceptors (Lipinski definition) is 3. The van der Waals surface area contributed by atoms with E-state index in [4.69, 9.17) is 0 Å². The highest BCUT2D eigenvalue weighted by Gasteiger charge is 2.18. The highest BCUT2D eigenvalue weighted by Crippen LogP contribution is 2.29. The Hall–Kier alpha value is -2.94. The number of fused-ring (bicyclic) bond motifs is 1. The third kappa shape index (κ3) is 3.06. The number of benzene rings is 3. The summed E-state index contributed by atoms with van der Waals surface area (Å²) in [5.74, 6) is 0. The summed E-state index contributed by atoms with van der Waals surface area (Å²) in [5, 5.41) is 8.61. The second-order valence-corrected chi connectivity index (χ2v) is 6.18. The molecule has 0 spiro atoms. The van der Waals surface area contributed by atoms with Gasteiger partial charge in [-0.1, -0.05) is 42.0 Å². The molecule has 3 nitrogen and oxygen atoms in total. The van der Waals surface area contributed by atoms with Crippen LogP contribution in [0.25, 0.3) is 0 Å². The molecule has 3 aromatic rings. The molecule has 0 saturated heterocycles. The molecule has 0 unspecified atom stereocenters. The smallest absolute Gasteiger partial charge is 0.0858 e. The van der Waals surface area contributed by atoms with Crippen LogP contribution in [0.5, 0.6) is 0 Å². The number of aryl methyl sites for hydroxylation is 1. The summed E-state index contributed by atoms with van der Waals surface area (Å²) in [7, 11) is 0. The average Bonchev–Trinajstić information content (AvgIpc) is 3.06. The summed E-state index contributed by atoms with van der Waals surface area (Å²) in [6.45, 7) is 4.01. The molecule has 0 amide bonds. The van der Waals surface area contributed by atoms with Crippen molar-refractivity contribution >= 4 is 17.1 Å². The van der Waals surface area contributed by atoms with Crippen molar-refractivity contribution < 1.29 is 0 Å². The van der Waals surface area contributed by atoms with Gasteiger partial charge in [0.2, 0.25) is 0 Å². The van der Waals surface area contributed by atoms with Crippen LogP contribution in [0, 0.1) is 6.92 Å². The monoisotopic (exact) mass is 313 g/mol. The summed E-state index contributed by atoms with van der Waals surface area (Å²) in [5.41, 5.74) is 7.03. The topological polar surface area (TPSA) is 28.0 Å². The van der Waals surface area contributed by atoms with Gasteiger partial charge in [0.15, 0.2) is 0 Å². The van der Waals surface area contributed by atoms with E-state index >= 15 is 0 Å². The molecule has 24 heavy (non-hydrogen) atoms. The predicted octanol–water partition coefficient (Wildman–Crippen LogP) is 5.93. The molecule has 0 aliphatic carbocycles. The molecule has 0 atom stereocenters. The van der Waals surface area contributed by atoms with Crippen LogP contribution in [0.15, 0.2) is 83.0 Å². The van der Waals surface area contributed by atoms with Crippen molar-refractivity contribution in [2.24, 2.45) is 10.2 Å². The molecule has 4 rings (SSSR count). The van der Waals surface area contributed by atoms with Crippen molar-refractivity contribution in [3.63, 3.8) is 0 Å². The molecule has 0 saturated carbocycles. The minimum Gasteiger partial charge on any atom is -0.363 e. The Labute approximate surface area is 142 Å². The zero-order valence-corrected chi connectivity index (χ0v) is 13.7. The molecule has 0 N–H and O–H groups in total. The van der Waals surface area contributed by atoms with Crippen LogP contribution in [0.1, 0.15) is 16.7 Å². The van der Waals surface area contributed by atoms with E-state index in [-0.39, 0.29) is 0 Å². The number of nitrogens with zero attached hydrogens (tertiary/aromatic N) is 3. The van der Waals surface area contributed by atoms with E-state index in [1.807, 2.05) is 36.4 Å². The largest absolute Gasteiger partial charge is 0.363 e. The Morgan fingerprint density at radius 3 is 1.71 bits per heavy atom. The predicted molar refractivity (Wildman–Crippen MR) is 98.1 cm³/mol. The molecular formula is C21H19N3. The van der Waals surface area contributed by atoms with E-state index in [0.717, 1.165) is 24.5 Å². The number of hydrogen-bond donors (Lipinski definition) is 0. The first kappa shape index (κ1) is 14.6. The van der Waals surface area contributed by atoms with Crippen molar-refractivity contribution in [1.29, 1.82) is 0 Å². The van der Waals surface area contributed by atoms with Crippen LogP contribution in [0.4, 0.5) is 17.1 Å². The quantitative estimate of drug-likeness (QED) is 0.551. The molecule has 0 radical (unpaired) electrons. The van der Waals surface area contributed by atoms with Gasteiger partial charge >= 0.3 is 0 Å². The van der Waals surface area contributed by atoms with Crippen molar-refractivity contribution in [3.05, 3.63) is 89.5 Å². The normalized spacial score (nSPS) is 13.5. The standard InChI is InChI=1S/C21H19N3/c1-16-6-8-19(9-7-16)22-23-20-10-12-21(13-11-20)24-14-17-4-2-3-5-18(17)15-24/h2-13H,14-15H2,1H3. The molecule has 0 fully saturated rings. The molecule has 1 aliphatic heterocycles. The summed E-state index contributed by atoms with van der Waals surface area (Å²) in [4.78, 5) is 2.38. The molecule has 3 heteroatoms. The van der Waals surface area contributed by atoms with E-state index in [1.54, 1.807) is 0 Å². The fourth-order valence-electron chi connectivity index (χ4n) is 2.97. The SMILES string of the molecule is Cc1ccc(N=Nc2ccc(N3Cc4ccccc4C3)cc2)cc1. The zero-order valence-electron chi connectivity index (χ0n) is 13.7. The number of azo groups is 1. The van der Waals surface area contributed by atoms with Gasteiger partial charge in [0, 0.05) is 18.8 Å². The molecule has 0 bridgehead atoms. The Bertz CT molecular complexity index is 839. The average molecular weight is 313 g/mol. The van der Waals surface area contributed by atoms with Crippen LogP contribution < -0.4 is 4.90 Å². The Kier molecular flexibility index (Phi) is 3.83. The van der Waals surface area contributed by atoms with E-state index in [9.17, 15) is 0 Å². The lowest BCUT2D eigenvalue weighted by Crippen LogP contribution is -2.13. The Morgan fingerprint density at radius 2 is 1.17 bits per heavy atom. The molecule has 1 heterocycles. The van der Waals surface area contributed by atoms with E-state index in [1.165, 1.54) is 22.4 Å². The van der Waals surface area contributed by atoms with Gasteiger partial charge in [-0.05, 0) is 54.4 Å².